The zero-order valence-electron chi connectivity index (χ0n) is 18.2. The third-order valence-electron chi connectivity index (χ3n) is 6.81. The number of fused-ring (bicyclic) bond motifs is 3. The SMILES string of the molecule is COc1cc(OC)c2c(c1)OC1(c3ccc(Br)cc3)C(c3ccccc3)CC(OC=O)C21O. The number of methoxy groups -OCH3 is 2. The van der Waals surface area contributed by atoms with Gasteiger partial charge in [0.25, 0.3) is 6.47 Å². The monoisotopic (exact) mass is 510 g/mol. The number of hydrogen-bond acceptors (Lipinski definition) is 6. The zero-order chi connectivity index (χ0) is 23.2. The normalized spacial score (nSPS) is 27.3. The van der Waals surface area contributed by atoms with Gasteiger partial charge in [-0.05, 0) is 29.7 Å². The number of benzene rings is 3. The molecule has 3 aromatic rings. The first-order valence-corrected chi connectivity index (χ1v) is 11.4. The van der Waals surface area contributed by atoms with Crippen LogP contribution in [0.4, 0.5) is 0 Å². The fraction of sp³-hybridized carbons (Fsp3) is 0.269. The summed E-state index contributed by atoms with van der Waals surface area (Å²) in [5, 5.41) is 12.6. The van der Waals surface area contributed by atoms with Gasteiger partial charge < -0.3 is 24.1 Å². The number of ether oxygens (including phenoxy) is 4. The summed E-state index contributed by atoms with van der Waals surface area (Å²) in [7, 11) is 3.08. The summed E-state index contributed by atoms with van der Waals surface area (Å²) in [6.45, 7) is 0.385. The highest BCUT2D eigenvalue weighted by atomic mass is 79.9. The van der Waals surface area contributed by atoms with E-state index in [1.807, 2.05) is 54.6 Å². The Kier molecular flexibility index (Phi) is 5.34. The van der Waals surface area contributed by atoms with Crippen LogP contribution in [0.2, 0.25) is 0 Å². The summed E-state index contributed by atoms with van der Waals surface area (Å²) in [6, 6.07) is 20.9. The minimum Gasteiger partial charge on any atom is -0.496 e. The molecule has 0 spiro atoms. The highest BCUT2D eigenvalue weighted by Crippen LogP contribution is 2.69. The third-order valence-corrected chi connectivity index (χ3v) is 7.34. The molecule has 4 unspecified atom stereocenters. The first kappa shape index (κ1) is 21.8. The lowest BCUT2D eigenvalue weighted by Crippen LogP contribution is -2.52. The molecule has 1 heterocycles. The summed E-state index contributed by atoms with van der Waals surface area (Å²) in [6.07, 6.45) is -0.503. The first-order valence-electron chi connectivity index (χ1n) is 10.6. The molecule has 1 fully saturated rings. The molecule has 0 amide bonds. The Balaban J connectivity index is 1.84. The lowest BCUT2D eigenvalue weighted by atomic mass is 9.71. The molecule has 0 bridgehead atoms. The van der Waals surface area contributed by atoms with Crippen molar-refractivity contribution in [3.63, 3.8) is 0 Å². The van der Waals surface area contributed by atoms with E-state index in [1.165, 1.54) is 7.11 Å². The molecular weight excluding hydrogens is 488 g/mol. The van der Waals surface area contributed by atoms with Gasteiger partial charge in [-0.15, -0.1) is 0 Å². The highest BCUT2D eigenvalue weighted by Gasteiger charge is 2.74. The van der Waals surface area contributed by atoms with E-state index in [4.69, 9.17) is 18.9 Å². The van der Waals surface area contributed by atoms with Gasteiger partial charge in [0.1, 0.15) is 23.4 Å². The predicted molar refractivity (Wildman–Crippen MR) is 125 cm³/mol. The van der Waals surface area contributed by atoms with E-state index in [2.05, 4.69) is 15.9 Å². The Labute approximate surface area is 200 Å². The van der Waals surface area contributed by atoms with Crippen LogP contribution >= 0.6 is 15.9 Å². The number of rotatable bonds is 6. The van der Waals surface area contributed by atoms with Gasteiger partial charge in [-0.2, -0.15) is 0 Å². The van der Waals surface area contributed by atoms with Crippen molar-refractivity contribution in [2.24, 2.45) is 0 Å². The number of carbonyl (C=O) groups excluding carboxylic acids is 1. The molecule has 170 valence electrons. The lowest BCUT2D eigenvalue weighted by Gasteiger charge is -2.41. The van der Waals surface area contributed by atoms with Gasteiger partial charge in [0.05, 0.1) is 19.8 Å². The van der Waals surface area contributed by atoms with Gasteiger partial charge in [-0.3, -0.25) is 4.79 Å². The molecule has 6 nitrogen and oxygen atoms in total. The summed E-state index contributed by atoms with van der Waals surface area (Å²) in [5.41, 5.74) is -0.815. The van der Waals surface area contributed by atoms with Crippen LogP contribution in [0.5, 0.6) is 17.2 Å². The zero-order valence-corrected chi connectivity index (χ0v) is 19.7. The maximum Gasteiger partial charge on any atom is 0.293 e. The van der Waals surface area contributed by atoms with Crippen LogP contribution in [0.3, 0.4) is 0 Å². The van der Waals surface area contributed by atoms with Crippen LogP contribution in [0.15, 0.2) is 71.2 Å². The highest BCUT2D eigenvalue weighted by molar-refractivity contribution is 9.10. The van der Waals surface area contributed by atoms with E-state index in [1.54, 1.807) is 19.2 Å². The van der Waals surface area contributed by atoms with E-state index >= 15 is 0 Å². The molecular formula is C26H23BrO6. The molecule has 4 atom stereocenters. The standard InChI is InChI=1S/C26H23BrO6/c1-30-19-12-21(31-2)24-22(13-19)33-26(17-8-10-18(27)11-9-17)20(16-6-4-3-5-7-16)14-23(32-15-28)25(24,26)29/h3-13,15,20,23,29H,14H2,1-2H3. The van der Waals surface area contributed by atoms with Gasteiger partial charge in [0.2, 0.25) is 0 Å². The van der Waals surface area contributed by atoms with Crippen molar-refractivity contribution in [3.8, 4) is 17.2 Å². The van der Waals surface area contributed by atoms with Crippen LogP contribution in [-0.4, -0.2) is 31.9 Å². The van der Waals surface area contributed by atoms with Crippen molar-refractivity contribution in [3.05, 3.63) is 87.9 Å². The van der Waals surface area contributed by atoms with Crippen molar-refractivity contribution in [2.45, 2.75) is 29.6 Å². The maximum absolute atomic E-state index is 12.6. The Morgan fingerprint density at radius 2 is 1.79 bits per heavy atom. The smallest absolute Gasteiger partial charge is 0.293 e. The fourth-order valence-corrected chi connectivity index (χ4v) is 5.74. The Hall–Kier alpha value is -3.03. The second-order valence-electron chi connectivity index (χ2n) is 8.23. The lowest BCUT2D eigenvalue weighted by molar-refractivity contribution is -0.171. The average Bonchev–Trinajstić information content (AvgIpc) is 3.25. The summed E-state index contributed by atoms with van der Waals surface area (Å²) in [4.78, 5) is 11.6. The van der Waals surface area contributed by atoms with Crippen molar-refractivity contribution in [1.29, 1.82) is 0 Å². The Bertz CT molecular complexity index is 1180. The quantitative estimate of drug-likeness (QED) is 0.485. The Morgan fingerprint density at radius 3 is 2.42 bits per heavy atom. The minimum atomic E-state index is -1.71. The molecule has 1 aliphatic heterocycles. The van der Waals surface area contributed by atoms with Gasteiger partial charge in [-0.25, -0.2) is 0 Å². The molecule has 1 saturated carbocycles. The molecule has 1 N–H and O–H groups in total. The largest absolute Gasteiger partial charge is 0.496 e. The van der Waals surface area contributed by atoms with Crippen LogP contribution in [-0.2, 0) is 20.7 Å². The molecule has 0 radical (unpaired) electrons. The summed E-state index contributed by atoms with van der Waals surface area (Å²) in [5.74, 6) is 1.04. The molecule has 0 saturated heterocycles. The van der Waals surface area contributed by atoms with Gasteiger partial charge in [0, 0.05) is 22.5 Å². The molecule has 7 heteroatoms. The summed E-state index contributed by atoms with van der Waals surface area (Å²) >= 11 is 3.49. The van der Waals surface area contributed by atoms with Crippen LogP contribution < -0.4 is 14.2 Å². The topological polar surface area (TPSA) is 74.2 Å². The number of hydrogen-bond donors (Lipinski definition) is 1. The third kappa shape index (κ3) is 2.99. The first-order chi connectivity index (χ1) is 16.0. The van der Waals surface area contributed by atoms with E-state index < -0.39 is 17.3 Å². The minimum absolute atomic E-state index is 0.321. The van der Waals surface area contributed by atoms with Crippen molar-refractivity contribution >= 4 is 22.4 Å². The number of aliphatic hydroxyl groups is 1. The fourth-order valence-electron chi connectivity index (χ4n) is 5.48. The number of halogens is 1. The molecule has 2 aliphatic rings. The van der Waals surface area contributed by atoms with E-state index in [9.17, 15) is 9.90 Å². The van der Waals surface area contributed by atoms with Gasteiger partial charge >= 0.3 is 0 Å². The number of carbonyl (C=O) groups is 1. The van der Waals surface area contributed by atoms with Gasteiger partial charge in [-0.1, -0.05) is 58.4 Å². The maximum atomic E-state index is 12.6. The van der Waals surface area contributed by atoms with Crippen LogP contribution in [0, 0.1) is 0 Å². The Morgan fingerprint density at radius 1 is 1.06 bits per heavy atom. The van der Waals surface area contributed by atoms with Gasteiger partial charge in [0.15, 0.2) is 11.2 Å². The van der Waals surface area contributed by atoms with Crippen molar-refractivity contribution in [2.75, 3.05) is 14.2 Å². The second kappa shape index (κ2) is 8.08. The van der Waals surface area contributed by atoms with E-state index in [0.717, 1.165) is 15.6 Å². The van der Waals surface area contributed by atoms with Crippen LogP contribution in [0.1, 0.15) is 29.0 Å². The molecule has 33 heavy (non-hydrogen) atoms. The van der Waals surface area contributed by atoms with Crippen molar-refractivity contribution < 1.29 is 28.8 Å². The molecule has 1 aliphatic carbocycles. The predicted octanol–water partition coefficient (Wildman–Crippen LogP) is 4.67. The van der Waals surface area contributed by atoms with Crippen molar-refractivity contribution in [1.82, 2.24) is 0 Å². The van der Waals surface area contributed by atoms with E-state index in [-0.39, 0.29) is 5.92 Å². The molecule has 0 aromatic heterocycles. The van der Waals surface area contributed by atoms with E-state index in [0.29, 0.717) is 35.7 Å². The summed E-state index contributed by atoms with van der Waals surface area (Å²) < 4.78 is 24.3. The average molecular weight is 511 g/mol. The second-order valence-corrected chi connectivity index (χ2v) is 9.15. The van der Waals surface area contributed by atoms with Crippen LogP contribution in [0.25, 0.3) is 0 Å². The molecule has 3 aromatic carbocycles. The molecule has 5 rings (SSSR count).